The number of aromatic nitrogens is 1. The van der Waals surface area contributed by atoms with Crippen LogP contribution in [0.5, 0.6) is 11.5 Å². The Kier molecular flexibility index (Phi) is 5.65. The van der Waals surface area contributed by atoms with Crippen molar-refractivity contribution >= 4 is 23.2 Å². The molecule has 1 N–H and O–H groups in total. The van der Waals surface area contributed by atoms with Gasteiger partial charge >= 0.3 is 5.97 Å². The minimum atomic E-state index is -0.848. The van der Waals surface area contributed by atoms with Crippen LogP contribution in [-0.2, 0) is 4.79 Å². The zero-order valence-electron chi connectivity index (χ0n) is 15.5. The molecule has 2 aromatic rings. The molecule has 0 bridgehead atoms. The van der Waals surface area contributed by atoms with E-state index >= 15 is 0 Å². The summed E-state index contributed by atoms with van der Waals surface area (Å²) in [5, 5.41) is 9.95. The van der Waals surface area contributed by atoms with Crippen molar-refractivity contribution in [3.05, 3.63) is 28.8 Å². The Balaban J connectivity index is 1.86. The highest BCUT2D eigenvalue weighted by molar-refractivity contribution is 7.17. The Morgan fingerprint density at radius 2 is 2.00 bits per heavy atom. The van der Waals surface area contributed by atoms with Gasteiger partial charge in [0.25, 0.3) is 5.91 Å². The number of benzene rings is 1. The molecule has 1 amide bonds. The fourth-order valence-corrected chi connectivity index (χ4v) is 4.22. The van der Waals surface area contributed by atoms with E-state index in [0.717, 1.165) is 5.56 Å². The number of aryl methyl sites for hydroxylation is 1. The third-order valence-corrected chi connectivity index (χ3v) is 5.87. The number of nitrogens with zero attached hydrogens (tertiary/aromatic N) is 2. The number of amides is 1. The van der Waals surface area contributed by atoms with Gasteiger partial charge in [0.1, 0.15) is 9.88 Å². The van der Waals surface area contributed by atoms with Gasteiger partial charge < -0.3 is 19.5 Å². The standard InChI is InChI=1S/C19H22N2O5S/c1-11-16(18(22)21-8-4-5-13(10-21)19(23)24)27-17(20-11)12-6-7-14(25-2)15(9-12)26-3/h6-7,9,13H,4-5,8,10H2,1-3H3,(H,23,24). The molecule has 0 spiro atoms. The lowest BCUT2D eigenvalue weighted by Crippen LogP contribution is -2.42. The van der Waals surface area contributed by atoms with Crippen LogP contribution in [0, 0.1) is 12.8 Å². The quantitative estimate of drug-likeness (QED) is 0.844. The lowest BCUT2D eigenvalue weighted by molar-refractivity contribution is -0.143. The number of carboxylic acid groups (broad SMARTS) is 1. The molecule has 3 rings (SSSR count). The first-order valence-corrected chi connectivity index (χ1v) is 9.48. The summed E-state index contributed by atoms with van der Waals surface area (Å²) in [6, 6.07) is 5.50. The second-order valence-electron chi connectivity index (χ2n) is 6.43. The van der Waals surface area contributed by atoms with Gasteiger partial charge in [-0.05, 0) is 38.0 Å². The summed E-state index contributed by atoms with van der Waals surface area (Å²) < 4.78 is 10.6. The first kappa shape index (κ1) is 19.2. The molecule has 1 aromatic carbocycles. The number of aliphatic carboxylic acids is 1. The summed E-state index contributed by atoms with van der Waals surface area (Å²) in [6.07, 6.45) is 1.31. The number of likely N-dealkylation sites (tertiary alicyclic amines) is 1. The Labute approximate surface area is 161 Å². The number of hydrogen-bond acceptors (Lipinski definition) is 6. The second-order valence-corrected chi connectivity index (χ2v) is 7.43. The Hall–Kier alpha value is -2.61. The van der Waals surface area contributed by atoms with Crippen LogP contribution in [0.4, 0.5) is 0 Å². The van der Waals surface area contributed by atoms with E-state index < -0.39 is 11.9 Å². The molecule has 27 heavy (non-hydrogen) atoms. The number of rotatable bonds is 5. The fourth-order valence-electron chi connectivity index (χ4n) is 3.19. The topological polar surface area (TPSA) is 89.0 Å². The average molecular weight is 390 g/mol. The predicted molar refractivity (Wildman–Crippen MR) is 102 cm³/mol. The highest BCUT2D eigenvalue weighted by Crippen LogP contribution is 2.35. The summed E-state index contributed by atoms with van der Waals surface area (Å²) in [4.78, 5) is 30.9. The van der Waals surface area contributed by atoms with Gasteiger partial charge in [0.2, 0.25) is 0 Å². The van der Waals surface area contributed by atoms with Gasteiger partial charge in [-0.15, -0.1) is 11.3 Å². The number of carboxylic acids is 1. The van der Waals surface area contributed by atoms with Crippen molar-refractivity contribution in [1.29, 1.82) is 0 Å². The van der Waals surface area contributed by atoms with Gasteiger partial charge in [0.05, 0.1) is 25.8 Å². The Bertz CT molecular complexity index is 864. The van der Waals surface area contributed by atoms with E-state index in [1.165, 1.54) is 11.3 Å². The molecule has 0 aliphatic carbocycles. The average Bonchev–Trinajstić information content (AvgIpc) is 3.08. The van der Waals surface area contributed by atoms with Crippen LogP contribution >= 0.6 is 11.3 Å². The van der Waals surface area contributed by atoms with Crippen LogP contribution in [0.15, 0.2) is 18.2 Å². The number of hydrogen-bond donors (Lipinski definition) is 1. The fraction of sp³-hybridized carbons (Fsp3) is 0.421. The Morgan fingerprint density at radius 3 is 2.67 bits per heavy atom. The van der Waals surface area contributed by atoms with Crippen molar-refractivity contribution in [3.8, 4) is 22.1 Å². The summed E-state index contributed by atoms with van der Waals surface area (Å²) >= 11 is 1.31. The van der Waals surface area contributed by atoms with Crippen LogP contribution in [0.2, 0.25) is 0 Å². The highest BCUT2D eigenvalue weighted by atomic mass is 32.1. The van der Waals surface area contributed by atoms with E-state index in [4.69, 9.17) is 9.47 Å². The maximum absolute atomic E-state index is 12.9. The first-order valence-electron chi connectivity index (χ1n) is 8.66. The monoisotopic (exact) mass is 390 g/mol. The first-order chi connectivity index (χ1) is 12.9. The van der Waals surface area contributed by atoms with Crippen molar-refractivity contribution in [1.82, 2.24) is 9.88 Å². The lowest BCUT2D eigenvalue weighted by atomic mass is 9.98. The number of methoxy groups -OCH3 is 2. The number of carbonyl (C=O) groups is 2. The maximum Gasteiger partial charge on any atom is 0.308 e. The highest BCUT2D eigenvalue weighted by Gasteiger charge is 2.30. The molecule has 8 heteroatoms. The van der Waals surface area contributed by atoms with E-state index in [0.29, 0.717) is 46.5 Å². The van der Waals surface area contributed by atoms with Gasteiger partial charge in [-0.2, -0.15) is 0 Å². The molecule has 1 atom stereocenters. The molecular weight excluding hydrogens is 368 g/mol. The summed E-state index contributed by atoms with van der Waals surface area (Å²) in [7, 11) is 3.14. The number of ether oxygens (including phenoxy) is 2. The van der Waals surface area contributed by atoms with Gasteiger partial charge in [-0.1, -0.05) is 0 Å². The van der Waals surface area contributed by atoms with Gasteiger partial charge in [0.15, 0.2) is 11.5 Å². The molecule has 0 saturated carbocycles. The number of thiazole rings is 1. The van der Waals surface area contributed by atoms with Gasteiger partial charge in [-0.25, -0.2) is 4.98 Å². The molecule has 1 aliphatic heterocycles. The molecule has 1 aromatic heterocycles. The smallest absolute Gasteiger partial charge is 0.308 e. The molecular formula is C19H22N2O5S. The third kappa shape index (κ3) is 3.90. The second kappa shape index (κ2) is 7.96. The van der Waals surface area contributed by atoms with E-state index in [9.17, 15) is 14.7 Å². The molecule has 144 valence electrons. The van der Waals surface area contributed by atoms with Crippen LogP contribution in [0.25, 0.3) is 10.6 Å². The summed E-state index contributed by atoms with van der Waals surface area (Å²) in [5.74, 6) is -0.279. The molecule has 0 radical (unpaired) electrons. The van der Waals surface area contributed by atoms with Crippen LogP contribution in [0.1, 0.15) is 28.2 Å². The summed E-state index contributed by atoms with van der Waals surface area (Å²) in [5.41, 5.74) is 1.48. The van der Waals surface area contributed by atoms with Crippen molar-refractivity contribution in [2.45, 2.75) is 19.8 Å². The zero-order chi connectivity index (χ0) is 19.6. The lowest BCUT2D eigenvalue weighted by Gasteiger charge is -2.30. The zero-order valence-corrected chi connectivity index (χ0v) is 16.3. The summed E-state index contributed by atoms with van der Waals surface area (Å²) in [6.45, 7) is 2.62. The molecule has 2 heterocycles. The van der Waals surface area contributed by atoms with E-state index in [-0.39, 0.29) is 12.5 Å². The maximum atomic E-state index is 12.9. The minimum Gasteiger partial charge on any atom is -0.493 e. The van der Waals surface area contributed by atoms with E-state index in [2.05, 4.69) is 4.98 Å². The van der Waals surface area contributed by atoms with Crippen LogP contribution in [-0.4, -0.2) is 54.2 Å². The van der Waals surface area contributed by atoms with Gasteiger partial charge in [0, 0.05) is 18.7 Å². The number of piperidine rings is 1. The minimum absolute atomic E-state index is 0.150. The normalized spacial score (nSPS) is 16.9. The third-order valence-electron chi connectivity index (χ3n) is 4.68. The van der Waals surface area contributed by atoms with E-state index in [1.54, 1.807) is 32.1 Å². The Morgan fingerprint density at radius 1 is 1.26 bits per heavy atom. The van der Waals surface area contributed by atoms with Crippen molar-refractivity contribution < 1.29 is 24.2 Å². The van der Waals surface area contributed by atoms with E-state index in [1.807, 2.05) is 12.1 Å². The molecule has 1 saturated heterocycles. The molecule has 1 aliphatic rings. The van der Waals surface area contributed by atoms with Crippen molar-refractivity contribution in [2.75, 3.05) is 27.3 Å². The number of carbonyl (C=O) groups excluding carboxylic acids is 1. The molecule has 1 fully saturated rings. The SMILES string of the molecule is COc1ccc(-c2nc(C)c(C(=O)N3CCCC(C(=O)O)C3)s2)cc1OC. The van der Waals surface area contributed by atoms with Crippen LogP contribution < -0.4 is 9.47 Å². The molecule has 1 unspecified atom stereocenters. The van der Waals surface area contributed by atoms with Crippen molar-refractivity contribution in [2.24, 2.45) is 5.92 Å². The van der Waals surface area contributed by atoms with Crippen LogP contribution in [0.3, 0.4) is 0 Å². The largest absolute Gasteiger partial charge is 0.493 e. The van der Waals surface area contributed by atoms with Crippen molar-refractivity contribution in [3.63, 3.8) is 0 Å². The van der Waals surface area contributed by atoms with Gasteiger partial charge in [-0.3, -0.25) is 9.59 Å². The predicted octanol–water partition coefficient (Wildman–Crippen LogP) is 3.07. The molecule has 7 nitrogen and oxygen atoms in total.